The van der Waals surface area contributed by atoms with E-state index in [1.54, 1.807) is 41.5 Å². The number of ether oxygens (including phenoxy) is 5. The van der Waals surface area contributed by atoms with Crippen LogP contribution < -0.4 is 0 Å². The summed E-state index contributed by atoms with van der Waals surface area (Å²) < 4.78 is 30.8. The second-order valence-corrected chi connectivity index (χ2v) is 15.4. The first-order valence-electron chi connectivity index (χ1n) is 17.6. The summed E-state index contributed by atoms with van der Waals surface area (Å²) in [4.78, 5) is 27.6. The lowest BCUT2D eigenvalue weighted by Crippen LogP contribution is -2.59. The van der Waals surface area contributed by atoms with Crippen LogP contribution in [0.5, 0.6) is 0 Å². The molecule has 3 rings (SSSR count). The maximum absolute atomic E-state index is 13.9. The van der Waals surface area contributed by atoms with Gasteiger partial charge in [0.2, 0.25) is 0 Å². The van der Waals surface area contributed by atoms with Crippen molar-refractivity contribution >= 4 is 11.8 Å². The summed E-state index contributed by atoms with van der Waals surface area (Å²) in [6, 6.07) is 0. The Balaban J connectivity index is 2.13. The maximum atomic E-state index is 13.9. The smallest absolute Gasteiger partial charge is 0.311 e. The quantitative estimate of drug-likeness (QED) is 0.220. The molecule has 3 saturated heterocycles. The van der Waals surface area contributed by atoms with Crippen molar-refractivity contribution in [3.63, 3.8) is 0 Å². The standard InChI is InChI=1S/C35H62O13/c1-11-25-17(3)28(39)18(4)27(38)16(2)13-35(10,43)31(48-33-29(40)24(37)12-23(15-36)45-33)19(5)30(20(6)32(41)46-25)47-26-14-34(9,42)21(7)22(8)44-26/h16-26,28-31,33,36-37,39-40,42-43H,11-15H2,1-10H3/t16-,17+,18+,19+,20-,21+,22+,23+,24+,25-,26+,28+,29-,30+,31-,33+,34-,35-/m1/s1. The fraction of sp³-hybridized carbons (Fsp3) is 0.943. The molecule has 3 fully saturated rings. The molecule has 3 aliphatic heterocycles. The number of carbonyl (C=O) groups excluding carboxylic acids is 2. The van der Waals surface area contributed by atoms with Crippen LogP contribution in [-0.2, 0) is 33.3 Å². The van der Waals surface area contributed by atoms with Crippen LogP contribution >= 0.6 is 0 Å². The van der Waals surface area contributed by atoms with Gasteiger partial charge in [0.05, 0.1) is 60.4 Å². The van der Waals surface area contributed by atoms with E-state index in [-0.39, 0.29) is 31.0 Å². The molecule has 0 aromatic carbocycles. The number of hydrogen-bond donors (Lipinski definition) is 6. The molecule has 6 N–H and O–H groups in total. The van der Waals surface area contributed by atoms with Crippen LogP contribution in [0.4, 0.5) is 0 Å². The fourth-order valence-corrected chi connectivity index (χ4v) is 7.77. The monoisotopic (exact) mass is 690 g/mol. The van der Waals surface area contributed by atoms with E-state index in [0.29, 0.717) is 6.42 Å². The highest BCUT2D eigenvalue weighted by Crippen LogP contribution is 2.40. The van der Waals surface area contributed by atoms with Crippen LogP contribution in [0.3, 0.4) is 0 Å². The van der Waals surface area contributed by atoms with Gasteiger partial charge in [-0.15, -0.1) is 0 Å². The number of aliphatic hydroxyl groups is 6. The summed E-state index contributed by atoms with van der Waals surface area (Å²) in [5, 5.41) is 65.9. The second-order valence-electron chi connectivity index (χ2n) is 15.4. The van der Waals surface area contributed by atoms with E-state index in [9.17, 15) is 40.2 Å². The zero-order chi connectivity index (χ0) is 36.5. The molecule has 0 radical (unpaired) electrons. The number of esters is 1. The minimum Gasteiger partial charge on any atom is -0.462 e. The SMILES string of the molecule is CC[C@H]1OC(=O)[C@H](C)[C@@H](O[C@H]2C[C@@](C)(O)[C@@H](C)[C@H](C)O2)[C@H](C)[C@@H](O[C@@H]2O[C@H](CO)C[C@H](O)[C@H]2O)[C@](C)(O)C[C@@H](C)C(=O)[C@H](C)[C@@H](O)[C@H]1C. The van der Waals surface area contributed by atoms with Crippen molar-refractivity contribution in [1.82, 2.24) is 0 Å². The summed E-state index contributed by atoms with van der Waals surface area (Å²) in [6.45, 7) is 16.6. The first-order chi connectivity index (χ1) is 22.2. The molecule has 3 heterocycles. The van der Waals surface area contributed by atoms with E-state index in [0.717, 1.165) is 0 Å². The minimum absolute atomic E-state index is 0.0406. The van der Waals surface area contributed by atoms with Gasteiger partial charge in [-0.1, -0.05) is 41.5 Å². The highest BCUT2D eigenvalue weighted by atomic mass is 16.7. The van der Waals surface area contributed by atoms with Crippen LogP contribution in [0.25, 0.3) is 0 Å². The van der Waals surface area contributed by atoms with Crippen molar-refractivity contribution in [2.24, 2.45) is 35.5 Å². The predicted molar refractivity (Wildman–Crippen MR) is 173 cm³/mol. The molecule has 13 nitrogen and oxygen atoms in total. The third kappa shape index (κ3) is 9.15. The lowest BCUT2D eigenvalue weighted by molar-refractivity contribution is -0.320. The van der Waals surface area contributed by atoms with E-state index < -0.39 is 115 Å². The number of ketones is 1. The summed E-state index contributed by atoms with van der Waals surface area (Å²) in [5.41, 5.74) is -2.98. The molecule has 0 saturated carbocycles. The highest BCUT2D eigenvalue weighted by molar-refractivity contribution is 5.83. The van der Waals surface area contributed by atoms with Gasteiger partial charge < -0.3 is 54.3 Å². The molecule has 13 heteroatoms. The van der Waals surface area contributed by atoms with Crippen molar-refractivity contribution in [2.45, 2.75) is 168 Å². The predicted octanol–water partition coefficient (Wildman–Crippen LogP) is 1.69. The number of aliphatic hydroxyl groups excluding tert-OH is 4. The number of carbonyl (C=O) groups is 2. The average Bonchev–Trinajstić information content (AvgIpc) is 3.02. The first-order valence-corrected chi connectivity index (χ1v) is 17.6. The van der Waals surface area contributed by atoms with Gasteiger partial charge >= 0.3 is 5.97 Å². The Morgan fingerprint density at radius 2 is 1.46 bits per heavy atom. The van der Waals surface area contributed by atoms with Crippen LogP contribution in [0.1, 0.15) is 94.9 Å². The van der Waals surface area contributed by atoms with Gasteiger partial charge in [-0.3, -0.25) is 9.59 Å². The Morgan fingerprint density at radius 1 is 0.833 bits per heavy atom. The van der Waals surface area contributed by atoms with Gasteiger partial charge in [-0.2, -0.15) is 0 Å². The molecular formula is C35H62O13. The van der Waals surface area contributed by atoms with Gasteiger partial charge in [0.1, 0.15) is 18.0 Å². The normalized spacial score (nSPS) is 50.4. The maximum Gasteiger partial charge on any atom is 0.311 e. The van der Waals surface area contributed by atoms with Crippen LogP contribution in [0.15, 0.2) is 0 Å². The Morgan fingerprint density at radius 3 is 2.02 bits per heavy atom. The zero-order valence-electron chi connectivity index (χ0n) is 30.3. The molecule has 18 atom stereocenters. The number of rotatable bonds is 6. The van der Waals surface area contributed by atoms with Crippen LogP contribution in [0, 0.1) is 35.5 Å². The summed E-state index contributed by atoms with van der Waals surface area (Å²) >= 11 is 0. The Labute approximate surface area is 285 Å². The van der Waals surface area contributed by atoms with Gasteiger partial charge in [0, 0.05) is 42.4 Å². The second kappa shape index (κ2) is 16.4. The first kappa shape index (κ1) is 41.2. The van der Waals surface area contributed by atoms with Gasteiger partial charge in [0.15, 0.2) is 12.6 Å². The molecule has 280 valence electrons. The van der Waals surface area contributed by atoms with Gasteiger partial charge in [0.25, 0.3) is 0 Å². The third-order valence-electron chi connectivity index (χ3n) is 11.4. The van der Waals surface area contributed by atoms with Crippen molar-refractivity contribution in [3.05, 3.63) is 0 Å². The van der Waals surface area contributed by atoms with Crippen molar-refractivity contribution in [3.8, 4) is 0 Å². The number of hydrogen-bond acceptors (Lipinski definition) is 13. The molecular weight excluding hydrogens is 628 g/mol. The van der Waals surface area contributed by atoms with Crippen molar-refractivity contribution < 1.29 is 63.9 Å². The highest BCUT2D eigenvalue weighted by Gasteiger charge is 2.51. The molecule has 0 spiro atoms. The summed E-state index contributed by atoms with van der Waals surface area (Å²) in [5.74, 6) is -5.20. The molecule has 0 amide bonds. The summed E-state index contributed by atoms with van der Waals surface area (Å²) in [6.07, 6.45) is -10.4. The van der Waals surface area contributed by atoms with Gasteiger partial charge in [-0.05, 0) is 40.5 Å². The summed E-state index contributed by atoms with van der Waals surface area (Å²) in [7, 11) is 0. The lowest BCUT2D eigenvalue weighted by atomic mass is 9.74. The zero-order valence-corrected chi connectivity index (χ0v) is 30.3. The molecule has 0 aliphatic carbocycles. The van der Waals surface area contributed by atoms with E-state index >= 15 is 0 Å². The molecule has 0 aromatic rings. The fourth-order valence-electron chi connectivity index (χ4n) is 7.77. The van der Waals surface area contributed by atoms with Crippen molar-refractivity contribution in [2.75, 3.05) is 6.61 Å². The average molecular weight is 691 g/mol. The Bertz CT molecular complexity index is 1070. The lowest BCUT2D eigenvalue weighted by Gasteiger charge is -2.48. The van der Waals surface area contributed by atoms with E-state index in [1.165, 1.54) is 6.92 Å². The molecule has 3 aliphatic rings. The Kier molecular flexibility index (Phi) is 14.1. The topological polar surface area (TPSA) is 202 Å². The molecule has 0 aromatic heterocycles. The molecule has 48 heavy (non-hydrogen) atoms. The Hall–Kier alpha value is -1.26. The largest absolute Gasteiger partial charge is 0.462 e. The van der Waals surface area contributed by atoms with Crippen LogP contribution in [-0.4, -0.2) is 122 Å². The van der Waals surface area contributed by atoms with Crippen molar-refractivity contribution in [1.29, 1.82) is 0 Å². The van der Waals surface area contributed by atoms with E-state index in [2.05, 4.69) is 0 Å². The molecule has 0 bridgehead atoms. The number of Topliss-reactive ketones (excluding diaryl/α,β-unsaturated/α-hetero) is 1. The third-order valence-corrected chi connectivity index (χ3v) is 11.4. The van der Waals surface area contributed by atoms with Crippen LogP contribution in [0.2, 0.25) is 0 Å². The molecule has 0 unspecified atom stereocenters. The van der Waals surface area contributed by atoms with E-state index in [1.807, 2.05) is 20.8 Å². The minimum atomic E-state index is -1.83. The number of cyclic esters (lactones) is 1. The van der Waals surface area contributed by atoms with E-state index in [4.69, 9.17) is 23.7 Å². The van der Waals surface area contributed by atoms with Gasteiger partial charge in [-0.25, -0.2) is 0 Å².